The Morgan fingerprint density at radius 2 is 2.04 bits per heavy atom. The van der Waals surface area contributed by atoms with E-state index in [0.717, 1.165) is 0 Å². The van der Waals surface area contributed by atoms with Crippen molar-refractivity contribution in [1.82, 2.24) is 19.3 Å². The number of rotatable bonds is 5. The lowest BCUT2D eigenvalue weighted by molar-refractivity contribution is 0.0486. The highest BCUT2D eigenvalue weighted by Crippen LogP contribution is 2.28. The highest BCUT2D eigenvalue weighted by molar-refractivity contribution is 7.88. The van der Waals surface area contributed by atoms with E-state index in [1.165, 1.54) is 23.1 Å². The second-order valence-corrected chi connectivity index (χ2v) is 9.26. The van der Waals surface area contributed by atoms with E-state index in [-0.39, 0.29) is 11.8 Å². The lowest BCUT2D eigenvalue weighted by Gasteiger charge is -2.38. The Kier molecular flexibility index (Phi) is 4.77. The Morgan fingerprint density at radius 1 is 1.30 bits per heavy atom. The Balaban J connectivity index is 1.27. The summed E-state index contributed by atoms with van der Waals surface area (Å²) in [5, 5.41) is 4.09. The zero-order valence-corrected chi connectivity index (χ0v) is 15.9. The first-order chi connectivity index (χ1) is 12.9. The largest absolute Gasteiger partial charge is 0.472 e. The number of aromatic nitrogens is 2. The molecule has 9 nitrogen and oxygen atoms in total. The summed E-state index contributed by atoms with van der Waals surface area (Å²) in [5.41, 5.74) is 0.564. The fourth-order valence-corrected chi connectivity index (χ4v) is 4.52. The molecule has 0 bridgehead atoms. The fourth-order valence-electron chi connectivity index (χ4n) is 3.64. The zero-order chi connectivity index (χ0) is 19.0. The van der Waals surface area contributed by atoms with E-state index in [1.54, 1.807) is 11.0 Å². The molecule has 2 saturated heterocycles. The molecular formula is C17H22N4O5S. The number of furan rings is 1. The van der Waals surface area contributed by atoms with Gasteiger partial charge in [-0.1, -0.05) is 5.16 Å². The lowest BCUT2D eigenvalue weighted by atomic mass is 9.95. The standard InChI is InChI=1S/C17H22N4O5S/c1-27(23,24)21-5-2-13(3-6-21)16-18-15(26-19-16)8-12-9-20(10-12)17(22)14-4-7-25-11-14/h4,7,11-13H,2-3,5-6,8-10H2,1H3. The summed E-state index contributed by atoms with van der Waals surface area (Å²) < 4.78 is 35.0. The number of carbonyl (C=O) groups is 1. The molecule has 0 saturated carbocycles. The molecule has 2 aromatic heterocycles. The van der Waals surface area contributed by atoms with Gasteiger partial charge in [0.25, 0.3) is 5.91 Å². The molecule has 0 unspecified atom stereocenters. The summed E-state index contributed by atoms with van der Waals surface area (Å²) >= 11 is 0. The number of nitrogens with zero attached hydrogens (tertiary/aromatic N) is 4. The first-order valence-corrected chi connectivity index (χ1v) is 10.8. The van der Waals surface area contributed by atoms with Crippen LogP contribution in [0.1, 0.15) is 40.8 Å². The van der Waals surface area contributed by atoms with Gasteiger partial charge < -0.3 is 13.8 Å². The number of sulfonamides is 1. The minimum atomic E-state index is -3.14. The van der Waals surface area contributed by atoms with Gasteiger partial charge >= 0.3 is 0 Å². The smallest absolute Gasteiger partial charge is 0.257 e. The van der Waals surface area contributed by atoms with Crippen molar-refractivity contribution in [3.63, 3.8) is 0 Å². The number of carbonyl (C=O) groups excluding carboxylic acids is 1. The highest BCUT2D eigenvalue weighted by atomic mass is 32.2. The van der Waals surface area contributed by atoms with Crippen LogP contribution in [0.4, 0.5) is 0 Å². The molecule has 1 amide bonds. The number of piperidine rings is 1. The first kappa shape index (κ1) is 18.2. The molecule has 2 fully saturated rings. The molecule has 0 radical (unpaired) electrons. The molecule has 2 aromatic rings. The van der Waals surface area contributed by atoms with Gasteiger partial charge in [0.05, 0.1) is 18.1 Å². The van der Waals surface area contributed by atoms with Gasteiger partial charge in [0.15, 0.2) is 5.82 Å². The third-order valence-corrected chi connectivity index (χ3v) is 6.55. The van der Waals surface area contributed by atoms with Gasteiger partial charge in [0, 0.05) is 44.4 Å². The number of hydrogen-bond acceptors (Lipinski definition) is 7. The van der Waals surface area contributed by atoms with Gasteiger partial charge in [-0.25, -0.2) is 12.7 Å². The SMILES string of the molecule is CS(=O)(=O)N1CCC(c2noc(CC3CN(C(=O)c4ccoc4)C3)n2)CC1. The van der Waals surface area contributed by atoms with Crippen molar-refractivity contribution in [3.05, 3.63) is 35.9 Å². The molecule has 0 spiro atoms. The van der Waals surface area contributed by atoms with E-state index in [9.17, 15) is 13.2 Å². The number of likely N-dealkylation sites (tertiary alicyclic amines) is 1. The second-order valence-electron chi connectivity index (χ2n) is 7.27. The minimum Gasteiger partial charge on any atom is -0.472 e. The molecule has 4 rings (SSSR count). The Morgan fingerprint density at radius 3 is 2.67 bits per heavy atom. The second kappa shape index (κ2) is 7.08. The number of hydrogen-bond donors (Lipinski definition) is 0. The number of amides is 1. The third-order valence-electron chi connectivity index (χ3n) is 5.25. The topological polar surface area (TPSA) is 110 Å². The van der Waals surface area contributed by atoms with E-state index in [4.69, 9.17) is 8.94 Å². The maximum absolute atomic E-state index is 12.2. The van der Waals surface area contributed by atoms with Crippen molar-refractivity contribution in [2.45, 2.75) is 25.2 Å². The van der Waals surface area contributed by atoms with E-state index in [2.05, 4.69) is 10.1 Å². The van der Waals surface area contributed by atoms with Gasteiger partial charge in [-0.3, -0.25) is 4.79 Å². The molecule has 0 aromatic carbocycles. The van der Waals surface area contributed by atoms with E-state index in [0.29, 0.717) is 68.6 Å². The molecule has 146 valence electrons. The Bertz CT molecular complexity index is 894. The molecule has 2 aliphatic rings. The van der Waals surface area contributed by atoms with Gasteiger partial charge in [-0.15, -0.1) is 0 Å². The Labute approximate surface area is 157 Å². The summed E-state index contributed by atoms with van der Waals surface area (Å²) in [6, 6.07) is 1.66. The highest BCUT2D eigenvalue weighted by Gasteiger charge is 2.34. The fraction of sp³-hybridized carbons (Fsp3) is 0.588. The molecular weight excluding hydrogens is 372 g/mol. The van der Waals surface area contributed by atoms with Crippen LogP contribution in [0.25, 0.3) is 0 Å². The van der Waals surface area contributed by atoms with E-state index < -0.39 is 10.0 Å². The molecule has 0 N–H and O–H groups in total. The summed E-state index contributed by atoms with van der Waals surface area (Å²) in [6.45, 7) is 2.30. The molecule has 4 heterocycles. The summed E-state index contributed by atoms with van der Waals surface area (Å²) in [5.74, 6) is 1.64. The van der Waals surface area contributed by atoms with Crippen molar-refractivity contribution in [2.75, 3.05) is 32.4 Å². The van der Waals surface area contributed by atoms with E-state index in [1.807, 2.05) is 0 Å². The average Bonchev–Trinajstić information content (AvgIpc) is 3.28. The van der Waals surface area contributed by atoms with Crippen LogP contribution in [0.15, 0.2) is 27.5 Å². The Hall–Kier alpha value is -2.20. The summed E-state index contributed by atoms with van der Waals surface area (Å²) in [7, 11) is -3.14. The van der Waals surface area contributed by atoms with Crippen molar-refractivity contribution < 1.29 is 22.2 Å². The van der Waals surface area contributed by atoms with Crippen LogP contribution in [-0.4, -0.2) is 66.1 Å². The molecule has 10 heteroatoms. The monoisotopic (exact) mass is 394 g/mol. The van der Waals surface area contributed by atoms with Gasteiger partial charge in [-0.05, 0) is 18.9 Å². The molecule has 2 aliphatic heterocycles. The van der Waals surface area contributed by atoms with Crippen LogP contribution in [0.5, 0.6) is 0 Å². The van der Waals surface area contributed by atoms with Crippen LogP contribution < -0.4 is 0 Å². The van der Waals surface area contributed by atoms with E-state index >= 15 is 0 Å². The summed E-state index contributed by atoms with van der Waals surface area (Å²) in [6.07, 6.45) is 6.22. The summed E-state index contributed by atoms with van der Waals surface area (Å²) in [4.78, 5) is 18.4. The normalized spacial score (nSPS) is 20.0. The van der Waals surface area contributed by atoms with Crippen molar-refractivity contribution in [2.24, 2.45) is 5.92 Å². The average molecular weight is 394 g/mol. The van der Waals surface area contributed by atoms with Crippen LogP contribution >= 0.6 is 0 Å². The maximum atomic E-state index is 12.2. The van der Waals surface area contributed by atoms with Crippen molar-refractivity contribution >= 4 is 15.9 Å². The third kappa shape index (κ3) is 3.91. The van der Waals surface area contributed by atoms with Crippen molar-refractivity contribution in [1.29, 1.82) is 0 Å². The predicted molar refractivity (Wildman–Crippen MR) is 94.5 cm³/mol. The van der Waals surface area contributed by atoms with Crippen LogP contribution in [0.2, 0.25) is 0 Å². The predicted octanol–water partition coefficient (Wildman–Crippen LogP) is 1.12. The zero-order valence-electron chi connectivity index (χ0n) is 15.1. The van der Waals surface area contributed by atoms with Crippen LogP contribution in [0.3, 0.4) is 0 Å². The van der Waals surface area contributed by atoms with Gasteiger partial charge in [0.2, 0.25) is 15.9 Å². The maximum Gasteiger partial charge on any atom is 0.257 e. The van der Waals surface area contributed by atoms with Gasteiger partial charge in [-0.2, -0.15) is 4.98 Å². The van der Waals surface area contributed by atoms with Crippen LogP contribution in [0, 0.1) is 5.92 Å². The van der Waals surface area contributed by atoms with Gasteiger partial charge in [0.1, 0.15) is 6.26 Å². The quantitative estimate of drug-likeness (QED) is 0.747. The molecule has 0 atom stereocenters. The minimum absolute atomic E-state index is 0.0242. The first-order valence-electron chi connectivity index (χ1n) is 8.99. The van der Waals surface area contributed by atoms with Crippen molar-refractivity contribution in [3.8, 4) is 0 Å². The molecule has 0 aliphatic carbocycles. The lowest BCUT2D eigenvalue weighted by Crippen LogP contribution is -2.50. The van der Waals surface area contributed by atoms with Crippen LogP contribution in [-0.2, 0) is 16.4 Å². The molecule has 27 heavy (non-hydrogen) atoms.